The Bertz CT molecular complexity index is 548. The first kappa shape index (κ1) is 11.8. The summed E-state index contributed by atoms with van der Waals surface area (Å²) >= 11 is 3.27. The largest absolute Gasteiger partial charge is 0.375 e. The summed E-state index contributed by atoms with van der Waals surface area (Å²) in [5, 5.41) is 7.13. The number of aromatic amines is 1. The van der Waals surface area contributed by atoms with Crippen LogP contribution in [-0.4, -0.2) is 19.7 Å². The predicted molar refractivity (Wildman–Crippen MR) is 67.8 cm³/mol. The van der Waals surface area contributed by atoms with E-state index in [2.05, 4.69) is 36.3 Å². The normalized spacial score (nSPS) is 10.5. The molecule has 2 aromatic heterocycles. The maximum atomic E-state index is 11.8. The Labute approximate surface area is 106 Å². The second-order valence-corrected chi connectivity index (χ2v) is 4.18. The van der Waals surface area contributed by atoms with Gasteiger partial charge in [-0.3, -0.25) is 4.79 Å². The second-order valence-electron chi connectivity index (χ2n) is 3.38. The number of aromatic nitrogens is 4. The molecule has 0 atom stereocenters. The molecule has 0 aliphatic rings. The molecule has 0 bridgehead atoms. The quantitative estimate of drug-likeness (QED) is 0.893. The molecule has 0 radical (unpaired) electrons. The van der Waals surface area contributed by atoms with Crippen molar-refractivity contribution < 1.29 is 0 Å². The van der Waals surface area contributed by atoms with E-state index in [1.54, 1.807) is 18.6 Å². The Morgan fingerprint density at radius 3 is 3.06 bits per heavy atom. The number of aryl methyl sites for hydroxylation is 1. The third-order valence-corrected chi connectivity index (χ3v) is 3.05. The zero-order valence-electron chi connectivity index (χ0n) is 9.27. The summed E-state index contributed by atoms with van der Waals surface area (Å²) in [6.07, 6.45) is 5.05. The molecule has 0 saturated carbocycles. The Morgan fingerprint density at radius 1 is 1.59 bits per heavy atom. The van der Waals surface area contributed by atoms with Crippen molar-refractivity contribution in [3.05, 3.63) is 39.2 Å². The van der Waals surface area contributed by atoms with E-state index in [4.69, 9.17) is 0 Å². The van der Waals surface area contributed by atoms with Gasteiger partial charge in [-0.05, 0) is 22.9 Å². The molecule has 90 valence electrons. The van der Waals surface area contributed by atoms with Crippen molar-refractivity contribution in [1.29, 1.82) is 0 Å². The molecule has 0 fully saturated rings. The number of nitrogens with one attached hydrogen (secondary N) is 2. The molecule has 2 heterocycles. The number of halogens is 1. The molecule has 0 unspecified atom stereocenters. The van der Waals surface area contributed by atoms with Crippen molar-refractivity contribution in [3.8, 4) is 0 Å². The molecule has 0 spiro atoms. The van der Waals surface area contributed by atoms with Gasteiger partial charge in [0.25, 0.3) is 5.56 Å². The fourth-order valence-corrected chi connectivity index (χ4v) is 1.83. The molecule has 0 aliphatic carbocycles. The van der Waals surface area contributed by atoms with Crippen molar-refractivity contribution in [3.63, 3.8) is 0 Å². The lowest BCUT2D eigenvalue weighted by atomic mass is 10.4. The molecular formula is C10H12BrN5O. The monoisotopic (exact) mass is 297 g/mol. The van der Waals surface area contributed by atoms with Crippen molar-refractivity contribution in [1.82, 2.24) is 19.7 Å². The lowest BCUT2D eigenvalue weighted by molar-refractivity contribution is 0.612. The number of nitrogens with zero attached hydrogens (tertiary/aromatic N) is 3. The second kappa shape index (κ2) is 5.13. The zero-order valence-corrected chi connectivity index (χ0v) is 10.9. The van der Waals surface area contributed by atoms with Gasteiger partial charge in [-0.25, -0.2) is 9.67 Å². The molecule has 2 N–H and O–H groups in total. The van der Waals surface area contributed by atoms with Crippen molar-refractivity contribution >= 4 is 21.6 Å². The van der Waals surface area contributed by atoms with E-state index >= 15 is 0 Å². The summed E-state index contributed by atoms with van der Waals surface area (Å²) in [7, 11) is 0. The van der Waals surface area contributed by atoms with Crippen LogP contribution in [0.15, 0.2) is 27.9 Å². The first-order valence-corrected chi connectivity index (χ1v) is 5.99. The van der Waals surface area contributed by atoms with Gasteiger partial charge in [-0.1, -0.05) is 0 Å². The molecule has 0 aromatic carbocycles. The van der Waals surface area contributed by atoms with Crippen LogP contribution in [0.5, 0.6) is 0 Å². The van der Waals surface area contributed by atoms with Gasteiger partial charge in [-0.15, -0.1) is 0 Å². The smallest absolute Gasteiger partial charge is 0.283 e. The molecule has 2 rings (SSSR count). The third-order valence-electron chi connectivity index (χ3n) is 2.29. The summed E-state index contributed by atoms with van der Waals surface area (Å²) in [6.45, 7) is 2.94. The number of hydrogen-bond donors (Lipinski definition) is 2. The van der Waals surface area contributed by atoms with Gasteiger partial charge in [-0.2, -0.15) is 5.10 Å². The number of H-pyrrole nitrogens is 1. The fraction of sp³-hybridized carbons (Fsp3) is 0.300. The summed E-state index contributed by atoms with van der Waals surface area (Å²) in [6, 6.07) is 0. The average Bonchev–Trinajstić information content (AvgIpc) is 2.84. The molecule has 0 saturated heterocycles. The van der Waals surface area contributed by atoms with Crippen LogP contribution in [0, 0.1) is 0 Å². The van der Waals surface area contributed by atoms with E-state index in [-0.39, 0.29) is 5.56 Å². The lowest BCUT2D eigenvalue weighted by Crippen LogP contribution is -2.23. The summed E-state index contributed by atoms with van der Waals surface area (Å²) in [5.74, 6) is 0.802. The van der Waals surface area contributed by atoms with Crippen LogP contribution in [0.3, 0.4) is 0 Å². The Morgan fingerprint density at radius 2 is 2.41 bits per heavy atom. The summed E-state index contributed by atoms with van der Waals surface area (Å²) < 4.78 is 1.88. The zero-order chi connectivity index (χ0) is 12.3. The molecular weight excluding hydrogens is 286 g/mol. The van der Waals surface area contributed by atoms with Crippen LogP contribution in [0.1, 0.15) is 12.7 Å². The topological polar surface area (TPSA) is 75.6 Å². The SMILES string of the molecule is CCn1ncc(NCc2ncc[nH]2)c(Br)c1=O. The molecule has 7 heteroatoms. The van der Waals surface area contributed by atoms with E-state index in [0.29, 0.717) is 23.2 Å². The number of imidazole rings is 1. The number of rotatable bonds is 4. The Balaban J connectivity index is 2.17. The lowest BCUT2D eigenvalue weighted by Gasteiger charge is -2.08. The molecule has 17 heavy (non-hydrogen) atoms. The summed E-state index contributed by atoms with van der Waals surface area (Å²) in [5.41, 5.74) is 0.521. The first-order valence-electron chi connectivity index (χ1n) is 5.20. The number of hydrogen-bond acceptors (Lipinski definition) is 4. The van der Waals surface area contributed by atoms with Gasteiger partial charge in [0.2, 0.25) is 0 Å². The van der Waals surface area contributed by atoms with Gasteiger partial charge in [0.15, 0.2) is 0 Å². The van der Waals surface area contributed by atoms with E-state index in [9.17, 15) is 4.79 Å². The van der Waals surface area contributed by atoms with Crippen LogP contribution < -0.4 is 10.9 Å². The van der Waals surface area contributed by atoms with Crippen LogP contribution in [-0.2, 0) is 13.1 Å². The minimum absolute atomic E-state index is 0.142. The maximum Gasteiger partial charge on any atom is 0.283 e. The van der Waals surface area contributed by atoms with Gasteiger partial charge >= 0.3 is 0 Å². The highest BCUT2D eigenvalue weighted by molar-refractivity contribution is 9.10. The van der Waals surface area contributed by atoms with Crippen LogP contribution >= 0.6 is 15.9 Å². The Hall–Kier alpha value is -1.63. The predicted octanol–water partition coefficient (Wildman–Crippen LogP) is 1.36. The van der Waals surface area contributed by atoms with E-state index < -0.39 is 0 Å². The summed E-state index contributed by atoms with van der Waals surface area (Å²) in [4.78, 5) is 18.8. The van der Waals surface area contributed by atoms with Crippen LogP contribution in [0.2, 0.25) is 0 Å². The van der Waals surface area contributed by atoms with Crippen molar-refractivity contribution in [2.24, 2.45) is 0 Å². The average molecular weight is 298 g/mol. The van der Waals surface area contributed by atoms with Crippen LogP contribution in [0.4, 0.5) is 5.69 Å². The Kier molecular flexibility index (Phi) is 3.58. The maximum absolute atomic E-state index is 11.8. The minimum atomic E-state index is -0.142. The molecule has 0 amide bonds. The van der Waals surface area contributed by atoms with Gasteiger partial charge in [0.1, 0.15) is 10.3 Å². The molecule has 6 nitrogen and oxygen atoms in total. The van der Waals surface area contributed by atoms with Gasteiger partial charge < -0.3 is 10.3 Å². The minimum Gasteiger partial charge on any atom is -0.375 e. The number of anilines is 1. The van der Waals surface area contributed by atoms with Crippen molar-refractivity contribution in [2.45, 2.75) is 20.0 Å². The molecule has 0 aliphatic heterocycles. The van der Waals surface area contributed by atoms with Crippen LogP contribution in [0.25, 0.3) is 0 Å². The van der Waals surface area contributed by atoms with E-state index in [0.717, 1.165) is 5.82 Å². The third kappa shape index (κ3) is 2.55. The van der Waals surface area contributed by atoms with E-state index in [1.165, 1.54) is 4.68 Å². The fourth-order valence-electron chi connectivity index (χ4n) is 1.39. The highest BCUT2D eigenvalue weighted by Gasteiger charge is 2.07. The van der Waals surface area contributed by atoms with Gasteiger partial charge in [0, 0.05) is 18.9 Å². The first-order chi connectivity index (χ1) is 8.22. The van der Waals surface area contributed by atoms with E-state index in [1.807, 2.05) is 6.92 Å². The highest BCUT2D eigenvalue weighted by atomic mass is 79.9. The molecule has 2 aromatic rings. The van der Waals surface area contributed by atoms with Gasteiger partial charge in [0.05, 0.1) is 18.4 Å². The highest BCUT2D eigenvalue weighted by Crippen LogP contribution is 2.16. The van der Waals surface area contributed by atoms with Crippen molar-refractivity contribution in [2.75, 3.05) is 5.32 Å². The standard InChI is InChI=1S/C10H12BrN5O/c1-2-16-10(17)9(11)7(5-15-16)14-6-8-12-3-4-13-8/h3-5,14H,2,6H2,1H3,(H,12,13).